The summed E-state index contributed by atoms with van der Waals surface area (Å²) < 4.78 is 1.12. The lowest BCUT2D eigenvalue weighted by molar-refractivity contribution is -0.737. The summed E-state index contributed by atoms with van der Waals surface area (Å²) in [7, 11) is 0. The van der Waals surface area contributed by atoms with Gasteiger partial charge in [0.15, 0.2) is 12.4 Å². The van der Waals surface area contributed by atoms with Crippen LogP contribution in [-0.4, -0.2) is 5.03 Å². The van der Waals surface area contributed by atoms with E-state index in [-0.39, 0.29) is 0 Å². The zero-order valence-corrected chi connectivity index (χ0v) is 5.04. The third-order valence-corrected chi connectivity index (χ3v) is 0.876. The van der Waals surface area contributed by atoms with Crippen LogP contribution in [0.1, 0.15) is 0 Å². The topological polar surface area (TPSA) is 61.1 Å². The highest BCUT2D eigenvalue weighted by atomic mass is 16.7. The first-order chi connectivity index (χ1) is 4.79. The molecule has 5 heteroatoms. The fourth-order valence-electron chi connectivity index (χ4n) is 0.534. The maximum atomic E-state index is 9.79. The summed E-state index contributed by atoms with van der Waals surface area (Å²) in [6, 6.07) is 5.08. The molecule has 0 aliphatic heterocycles. The van der Waals surface area contributed by atoms with Gasteiger partial charge in [0.05, 0.1) is 0 Å². The van der Waals surface area contributed by atoms with Crippen LogP contribution in [0, 0.1) is 10.1 Å². The first-order valence-electron chi connectivity index (χ1n) is 2.61. The third-order valence-electron chi connectivity index (χ3n) is 0.876. The molecule has 0 aliphatic rings. The van der Waals surface area contributed by atoms with E-state index in [0.717, 1.165) is 4.68 Å². The van der Waals surface area contributed by atoms with Crippen molar-refractivity contribution in [1.29, 1.82) is 0 Å². The summed E-state index contributed by atoms with van der Waals surface area (Å²) in [6.45, 7) is 0. The lowest BCUT2D eigenvalue weighted by Gasteiger charge is -1.98. The predicted molar refractivity (Wildman–Crippen MR) is 32.4 cm³/mol. The van der Waals surface area contributed by atoms with Crippen LogP contribution in [-0.2, 0) is 0 Å². The summed E-state index contributed by atoms with van der Waals surface area (Å²) in [6.07, 6.45) is 2.98. The summed E-state index contributed by atoms with van der Waals surface area (Å²) >= 11 is 0. The van der Waals surface area contributed by atoms with Gasteiger partial charge in [-0.15, -0.1) is 0 Å². The van der Waals surface area contributed by atoms with Crippen molar-refractivity contribution in [2.24, 2.45) is 0 Å². The zero-order valence-electron chi connectivity index (χ0n) is 5.04. The van der Waals surface area contributed by atoms with Crippen molar-refractivity contribution in [2.75, 3.05) is 0 Å². The maximum Gasteiger partial charge on any atom is 0.168 e. The smallest absolute Gasteiger partial charge is 0.168 e. The molecule has 52 valence electrons. The van der Waals surface area contributed by atoms with Crippen molar-refractivity contribution in [3.8, 4) is 0 Å². The second kappa shape index (κ2) is 2.77. The molecular weight excluding hydrogens is 134 g/mol. The Labute approximate surface area is 57.0 Å². The van der Waals surface area contributed by atoms with Gasteiger partial charge in [-0.3, -0.25) is 10.1 Å². The van der Waals surface area contributed by atoms with Crippen LogP contribution in [0.15, 0.2) is 30.6 Å². The molecule has 0 bridgehead atoms. The first kappa shape index (κ1) is 6.47. The molecule has 0 amide bonds. The van der Waals surface area contributed by atoms with E-state index < -0.39 is 5.03 Å². The number of aromatic nitrogens is 1. The maximum absolute atomic E-state index is 9.79. The van der Waals surface area contributed by atoms with Crippen molar-refractivity contribution < 1.29 is 9.71 Å². The fraction of sp³-hybridized carbons (Fsp3) is 0. The van der Waals surface area contributed by atoms with Crippen LogP contribution in [0.2, 0.25) is 0 Å². The SMILES string of the molecule is O=[N+]([O-])[N-][n+]1ccccc1. The molecule has 0 N–H and O–H groups in total. The van der Waals surface area contributed by atoms with E-state index in [9.17, 15) is 10.1 Å². The molecule has 1 aromatic rings. The molecular formula is C5H5N3O2. The molecule has 0 spiro atoms. The van der Waals surface area contributed by atoms with Gasteiger partial charge < -0.3 is 0 Å². The molecule has 1 aromatic heterocycles. The van der Waals surface area contributed by atoms with Gasteiger partial charge in [0.2, 0.25) is 0 Å². The van der Waals surface area contributed by atoms with E-state index in [1.165, 1.54) is 12.4 Å². The minimum Gasteiger partial charge on any atom is -0.264 e. The summed E-state index contributed by atoms with van der Waals surface area (Å²) in [5.74, 6) is 0. The molecule has 0 atom stereocenters. The van der Waals surface area contributed by atoms with Gasteiger partial charge in [-0.1, -0.05) is 11.6 Å². The van der Waals surface area contributed by atoms with Gasteiger partial charge in [0.1, 0.15) is 0 Å². The van der Waals surface area contributed by atoms with Crippen LogP contribution >= 0.6 is 0 Å². The minimum atomic E-state index is -0.750. The lowest BCUT2D eigenvalue weighted by Crippen LogP contribution is -2.30. The molecule has 5 nitrogen and oxygen atoms in total. The monoisotopic (exact) mass is 139 g/mol. The predicted octanol–water partition coefficient (Wildman–Crippen LogP) is 0.303. The molecule has 0 saturated heterocycles. The Hall–Kier alpha value is -1.65. The highest BCUT2D eigenvalue weighted by molar-refractivity contribution is 4.83. The van der Waals surface area contributed by atoms with E-state index in [1.807, 2.05) is 0 Å². The summed E-state index contributed by atoms with van der Waals surface area (Å²) in [5, 5.41) is 9.04. The van der Waals surface area contributed by atoms with Crippen LogP contribution in [0.25, 0.3) is 5.53 Å². The quantitative estimate of drug-likeness (QED) is 0.336. The second-order valence-corrected chi connectivity index (χ2v) is 1.58. The summed E-state index contributed by atoms with van der Waals surface area (Å²) in [4.78, 5) is 9.79. The molecule has 0 aromatic carbocycles. The van der Waals surface area contributed by atoms with E-state index >= 15 is 0 Å². The highest BCUT2D eigenvalue weighted by Gasteiger charge is 1.89. The van der Waals surface area contributed by atoms with Gasteiger partial charge in [-0.2, -0.15) is 4.68 Å². The minimum absolute atomic E-state index is 0.750. The Morgan fingerprint density at radius 1 is 1.30 bits per heavy atom. The average Bonchev–Trinajstić information content (AvgIpc) is 1.88. The summed E-state index contributed by atoms with van der Waals surface area (Å²) in [5.41, 5.74) is 3.00. The van der Waals surface area contributed by atoms with Gasteiger partial charge in [0.25, 0.3) is 0 Å². The molecule has 1 rings (SSSR count). The Balaban J connectivity index is 2.67. The van der Waals surface area contributed by atoms with Crippen LogP contribution in [0.3, 0.4) is 0 Å². The number of pyridine rings is 1. The molecule has 0 fully saturated rings. The molecule has 1 heterocycles. The fourth-order valence-corrected chi connectivity index (χ4v) is 0.534. The molecule has 0 radical (unpaired) electrons. The van der Waals surface area contributed by atoms with Crippen molar-refractivity contribution in [3.63, 3.8) is 0 Å². The van der Waals surface area contributed by atoms with Crippen molar-refractivity contribution >= 4 is 0 Å². The lowest BCUT2D eigenvalue weighted by atomic mass is 10.5. The van der Waals surface area contributed by atoms with Crippen LogP contribution in [0.4, 0.5) is 0 Å². The van der Waals surface area contributed by atoms with E-state index in [1.54, 1.807) is 18.2 Å². The molecule has 10 heavy (non-hydrogen) atoms. The van der Waals surface area contributed by atoms with Gasteiger partial charge >= 0.3 is 0 Å². The van der Waals surface area contributed by atoms with Crippen LogP contribution < -0.4 is 4.68 Å². The van der Waals surface area contributed by atoms with Gasteiger partial charge in [0, 0.05) is 17.2 Å². The number of nitrogens with zero attached hydrogens (tertiary/aromatic N) is 3. The Kier molecular flexibility index (Phi) is 1.79. The van der Waals surface area contributed by atoms with Gasteiger partial charge in [-0.25, -0.2) is 0 Å². The molecule has 0 saturated carbocycles. The number of nitro groups is 1. The Bertz CT molecular complexity index is 224. The third kappa shape index (κ3) is 1.70. The van der Waals surface area contributed by atoms with Gasteiger partial charge in [-0.05, 0) is 0 Å². The number of hydrogen-bond acceptors (Lipinski definition) is 2. The van der Waals surface area contributed by atoms with Crippen molar-refractivity contribution in [2.45, 2.75) is 0 Å². The molecule has 0 unspecified atom stereocenters. The normalized spacial score (nSPS) is 8.80. The number of rotatable bonds is 2. The second-order valence-electron chi connectivity index (χ2n) is 1.58. The molecule has 0 aliphatic carbocycles. The average molecular weight is 139 g/mol. The standard InChI is InChI=1S/C5H5N3O2/c9-8(10)6-7-4-2-1-3-5-7/h1-5H. The van der Waals surface area contributed by atoms with E-state index in [0.29, 0.717) is 0 Å². The zero-order chi connectivity index (χ0) is 7.40. The first-order valence-corrected chi connectivity index (χ1v) is 2.61. The van der Waals surface area contributed by atoms with Crippen LogP contribution in [0.5, 0.6) is 0 Å². The number of hydrogen-bond donors (Lipinski definition) is 0. The largest absolute Gasteiger partial charge is 0.264 e. The van der Waals surface area contributed by atoms with E-state index in [4.69, 9.17) is 0 Å². The Morgan fingerprint density at radius 2 is 1.90 bits per heavy atom. The van der Waals surface area contributed by atoms with E-state index in [2.05, 4.69) is 5.53 Å². The Morgan fingerprint density at radius 3 is 2.40 bits per heavy atom. The van der Waals surface area contributed by atoms with Crippen molar-refractivity contribution in [3.05, 3.63) is 46.2 Å². The van der Waals surface area contributed by atoms with Crippen molar-refractivity contribution in [1.82, 2.24) is 0 Å². The highest BCUT2D eigenvalue weighted by Crippen LogP contribution is 1.81.